The molecule has 1 aliphatic rings. The van der Waals surface area contributed by atoms with Crippen LogP contribution < -0.4 is 16.4 Å². The van der Waals surface area contributed by atoms with Crippen LogP contribution >= 0.6 is 23.1 Å². The van der Waals surface area contributed by atoms with Gasteiger partial charge in [0.1, 0.15) is 4.34 Å². The minimum atomic E-state index is -3.91. The van der Waals surface area contributed by atoms with Gasteiger partial charge in [0.15, 0.2) is 0 Å². The summed E-state index contributed by atoms with van der Waals surface area (Å²) >= 11 is 3.03. The Morgan fingerprint density at radius 1 is 1.19 bits per heavy atom. The highest BCUT2D eigenvalue weighted by Crippen LogP contribution is 2.34. The summed E-state index contributed by atoms with van der Waals surface area (Å²) in [6.45, 7) is 0.846. The molecular weight excluding hydrogens is 456 g/mol. The molecule has 4 rings (SSSR count). The SMILES string of the molecule is NCCSc1ncc(CNC(=O)c2ccc3c(c2)NC(=O)c2ccccc2S3(=O)=O)s1. The molecule has 0 atom stereocenters. The van der Waals surface area contributed by atoms with Crippen LogP contribution in [0.4, 0.5) is 5.69 Å². The molecule has 2 amide bonds. The summed E-state index contributed by atoms with van der Waals surface area (Å²) in [7, 11) is -3.91. The van der Waals surface area contributed by atoms with Gasteiger partial charge in [-0.15, -0.1) is 11.3 Å². The van der Waals surface area contributed by atoms with Crippen molar-refractivity contribution in [2.45, 2.75) is 20.7 Å². The van der Waals surface area contributed by atoms with Crippen molar-refractivity contribution in [2.24, 2.45) is 5.73 Å². The third kappa shape index (κ3) is 4.35. The van der Waals surface area contributed by atoms with Gasteiger partial charge in [-0.2, -0.15) is 0 Å². The van der Waals surface area contributed by atoms with Crippen molar-refractivity contribution in [1.29, 1.82) is 0 Å². The Kier molecular flexibility index (Phi) is 6.10. The van der Waals surface area contributed by atoms with Gasteiger partial charge in [-0.1, -0.05) is 23.9 Å². The van der Waals surface area contributed by atoms with Gasteiger partial charge in [0.05, 0.1) is 27.6 Å². The van der Waals surface area contributed by atoms with Crippen LogP contribution in [0, 0.1) is 0 Å². The molecule has 2 aromatic carbocycles. The first-order chi connectivity index (χ1) is 14.9. The van der Waals surface area contributed by atoms with Crippen molar-refractivity contribution in [3.63, 3.8) is 0 Å². The number of nitrogens with two attached hydrogens (primary N) is 1. The number of sulfone groups is 1. The molecule has 0 unspecified atom stereocenters. The predicted octanol–water partition coefficient (Wildman–Crippen LogP) is 2.52. The number of fused-ring (bicyclic) bond motifs is 2. The minimum Gasteiger partial charge on any atom is -0.347 e. The maximum absolute atomic E-state index is 13.0. The molecule has 1 aliphatic heterocycles. The highest BCUT2D eigenvalue weighted by Gasteiger charge is 2.31. The van der Waals surface area contributed by atoms with E-state index in [0.717, 1.165) is 15.0 Å². The van der Waals surface area contributed by atoms with Crippen molar-refractivity contribution >= 4 is 50.4 Å². The second kappa shape index (κ2) is 8.79. The van der Waals surface area contributed by atoms with Gasteiger partial charge >= 0.3 is 0 Å². The number of thiazole rings is 1. The topological polar surface area (TPSA) is 131 Å². The lowest BCUT2D eigenvalue weighted by molar-refractivity contribution is 0.0949. The Bertz CT molecular complexity index is 1270. The van der Waals surface area contributed by atoms with Crippen LogP contribution in [0.1, 0.15) is 25.6 Å². The van der Waals surface area contributed by atoms with Gasteiger partial charge in [0.2, 0.25) is 9.84 Å². The Labute approximate surface area is 187 Å². The van der Waals surface area contributed by atoms with Crippen molar-refractivity contribution in [3.8, 4) is 0 Å². The van der Waals surface area contributed by atoms with Crippen LogP contribution in [0.3, 0.4) is 0 Å². The van der Waals surface area contributed by atoms with E-state index in [0.29, 0.717) is 6.54 Å². The highest BCUT2D eigenvalue weighted by atomic mass is 32.2. The fraction of sp³-hybridized carbons (Fsp3) is 0.150. The molecule has 2 heterocycles. The molecule has 0 bridgehead atoms. The summed E-state index contributed by atoms with van der Waals surface area (Å²) in [6, 6.07) is 10.2. The van der Waals surface area contributed by atoms with Crippen LogP contribution in [0.15, 0.2) is 62.8 Å². The van der Waals surface area contributed by atoms with E-state index in [1.807, 2.05) is 0 Å². The Balaban J connectivity index is 1.55. The summed E-state index contributed by atoms with van der Waals surface area (Å²) in [5.74, 6) is -0.157. The number of hydrogen-bond donors (Lipinski definition) is 3. The largest absolute Gasteiger partial charge is 0.347 e. The lowest BCUT2D eigenvalue weighted by atomic mass is 10.1. The first kappa shape index (κ1) is 21.5. The zero-order chi connectivity index (χ0) is 22.0. The minimum absolute atomic E-state index is 0.0497. The second-order valence-electron chi connectivity index (χ2n) is 6.58. The predicted molar refractivity (Wildman–Crippen MR) is 119 cm³/mol. The van der Waals surface area contributed by atoms with Crippen LogP contribution in [0.2, 0.25) is 0 Å². The number of nitrogens with one attached hydrogen (secondary N) is 2. The van der Waals surface area contributed by atoms with E-state index in [9.17, 15) is 18.0 Å². The average Bonchev–Trinajstić information content (AvgIpc) is 3.20. The summed E-state index contributed by atoms with van der Waals surface area (Å²) in [5.41, 5.74) is 5.87. The van der Waals surface area contributed by atoms with Gasteiger partial charge in [-0.05, 0) is 30.3 Å². The van der Waals surface area contributed by atoms with Crippen molar-refractivity contribution in [2.75, 3.05) is 17.6 Å². The smallest absolute Gasteiger partial charge is 0.257 e. The molecule has 31 heavy (non-hydrogen) atoms. The number of benzene rings is 2. The molecule has 0 saturated heterocycles. The van der Waals surface area contributed by atoms with E-state index in [-0.39, 0.29) is 39.1 Å². The molecule has 160 valence electrons. The van der Waals surface area contributed by atoms with E-state index in [1.54, 1.807) is 30.1 Å². The average molecular weight is 475 g/mol. The maximum atomic E-state index is 13.0. The highest BCUT2D eigenvalue weighted by molar-refractivity contribution is 8.01. The van der Waals surface area contributed by atoms with Gasteiger partial charge < -0.3 is 16.4 Å². The number of carbonyl (C=O) groups is 2. The van der Waals surface area contributed by atoms with Crippen LogP contribution in [-0.4, -0.2) is 37.5 Å². The molecule has 3 aromatic rings. The van der Waals surface area contributed by atoms with Crippen LogP contribution in [-0.2, 0) is 16.4 Å². The van der Waals surface area contributed by atoms with E-state index in [2.05, 4.69) is 15.6 Å². The normalized spacial score (nSPS) is 14.2. The maximum Gasteiger partial charge on any atom is 0.257 e. The fourth-order valence-electron chi connectivity index (χ4n) is 3.05. The van der Waals surface area contributed by atoms with Crippen molar-refractivity contribution in [1.82, 2.24) is 10.3 Å². The van der Waals surface area contributed by atoms with Crippen LogP contribution in [0.25, 0.3) is 0 Å². The summed E-state index contributed by atoms with van der Waals surface area (Å²) < 4.78 is 26.9. The van der Waals surface area contributed by atoms with Gasteiger partial charge in [0, 0.05) is 28.9 Å². The van der Waals surface area contributed by atoms with E-state index in [1.165, 1.54) is 41.7 Å². The molecule has 11 heteroatoms. The quantitative estimate of drug-likeness (QED) is 0.468. The number of anilines is 1. The number of amides is 2. The number of carbonyl (C=O) groups excluding carboxylic acids is 2. The number of hydrogen-bond acceptors (Lipinski definition) is 8. The van der Waals surface area contributed by atoms with Crippen molar-refractivity contribution < 1.29 is 18.0 Å². The summed E-state index contributed by atoms with van der Waals surface area (Å²) in [5, 5.41) is 5.40. The van der Waals surface area contributed by atoms with E-state index < -0.39 is 15.7 Å². The third-order valence-electron chi connectivity index (χ3n) is 4.50. The molecule has 0 radical (unpaired) electrons. The van der Waals surface area contributed by atoms with E-state index in [4.69, 9.17) is 5.73 Å². The number of thioether (sulfide) groups is 1. The first-order valence-electron chi connectivity index (χ1n) is 9.25. The zero-order valence-corrected chi connectivity index (χ0v) is 18.6. The molecule has 0 saturated carbocycles. The van der Waals surface area contributed by atoms with Crippen LogP contribution in [0.5, 0.6) is 0 Å². The molecule has 0 aliphatic carbocycles. The monoisotopic (exact) mass is 474 g/mol. The molecule has 0 fully saturated rings. The Hall–Kier alpha value is -2.73. The fourth-order valence-corrected chi connectivity index (χ4v) is 6.45. The first-order valence-corrected chi connectivity index (χ1v) is 12.5. The number of rotatable bonds is 6. The van der Waals surface area contributed by atoms with Crippen molar-refractivity contribution in [3.05, 3.63) is 64.7 Å². The number of aromatic nitrogens is 1. The zero-order valence-electron chi connectivity index (χ0n) is 16.1. The Morgan fingerprint density at radius 2 is 2.00 bits per heavy atom. The van der Waals surface area contributed by atoms with E-state index >= 15 is 0 Å². The lowest BCUT2D eigenvalue weighted by Crippen LogP contribution is -2.22. The molecule has 4 N–H and O–H groups in total. The number of nitrogens with zero attached hydrogens (tertiary/aromatic N) is 1. The molecule has 1 aromatic heterocycles. The Morgan fingerprint density at radius 3 is 2.81 bits per heavy atom. The summed E-state index contributed by atoms with van der Waals surface area (Å²) in [4.78, 5) is 30.2. The molecular formula is C20H18N4O4S3. The van der Waals surface area contributed by atoms with Gasteiger partial charge in [0.25, 0.3) is 11.8 Å². The second-order valence-corrected chi connectivity index (χ2v) is 10.9. The lowest BCUT2D eigenvalue weighted by Gasteiger charge is -2.10. The standard InChI is InChI=1S/C20H18N4O4S3/c21-7-8-29-20-23-11-13(30-20)10-22-18(25)12-5-6-17-15(9-12)24-19(26)14-3-1-2-4-16(14)31(17,27)28/h1-6,9,11H,7-8,10,21H2,(H,22,25)(H,24,26). The van der Waals surface area contributed by atoms with Gasteiger partial charge in [-0.3, -0.25) is 9.59 Å². The summed E-state index contributed by atoms with van der Waals surface area (Å²) in [6.07, 6.45) is 1.70. The third-order valence-corrected chi connectivity index (χ3v) is 8.56. The molecule has 8 nitrogen and oxygen atoms in total. The van der Waals surface area contributed by atoms with Gasteiger partial charge in [-0.25, -0.2) is 13.4 Å². The molecule has 0 spiro atoms.